The van der Waals surface area contributed by atoms with E-state index < -0.39 is 0 Å². The molecular formula is C16H18N6O. The summed E-state index contributed by atoms with van der Waals surface area (Å²) in [5, 5.41) is 12.1. The fourth-order valence-electron chi connectivity index (χ4n) is 3.26. The molecule has 0 spiro atoms. The number of nitrogens with zero attached hydrogens (tertiary/aromatic N) is 6. The van der Waals surface area contributed by atoms with E-state index in [4.69, 9.17) is 0 Å². The van der Waals surface area contributed by atoms with Crippen molar-refractivity contribution < 1.29 is 0 Å². The molecule has 118 valence electrons. The van der Waals surface area contributed by atoms with Crippen LogP contribution in [0.3, 0.4) is 0 Å². The van der Waals surface area contributed by atoms with Gasteiger partial charge in [-0.3, -0.25) is 4.79 Å². The first kappa shape index (κ1) is 13.9. The molecule has 1 saturated heterocycles. The largest absolute Gasteiger partial charge is 0.371 e. The van der Waals surface area contributed by atoms with Crippen molar-refractivity contribution in [3.63, 3.8) is 0 Å². The first-order chi connectivity index (χ1) is 11.1. The van der Waals surface area contributed by atoms with Crippen LogP contribution in [0.25, 0.3) is 22.3 Å². The number of rotatable bonds is 2. The van der Waals surface area contributed by atoms with Gasteiger partial charge in [0.2, 0.25) is 0 Å². The topological polar surface area (TPSA) is 68.8 Å². The van der Waals surface area contributed by atoms with Crippen LogP contribution >= 0.6 is 0 Å². The molecule has 1 fully saturated rings. The van der Waals surface area contributed by atoms with Crippen LogP contribution in [0.15, 0.2) is 29.2 Å². The summed E-state index contributed by atoms with van der Waals surface area (Å²) < 4.78 is 3.49. The van der Waals surface area contributed by atoms with Crippen LogP contribution in [-0.4, -0.2) is 37.9 Å². The molecule has 7 nitrogen and oxygen atoms in total. The van der Waals surface area contributed by atoms with Gasteiger partial charge in [-0.2, -0.15) is 0 Å². The number of pyridine rings is 1. The molecule has 3 aromatic rings. The third kappa shape index (κ3) is 2.19. The number of aromatic nitrogens is 5. The smallest absolute Gasteiger partial charge is 0.200 e. The Labute approximate surface area is 133 Å². The van der Waals surface area contributed by atoms with E-state index in [0.717, 1.165) is 18.6 Å². The molecule has 4 rings (SSSR count). The first-order valence-electron chi connectivity index (χ1n) is 7.76. The van der Waals surface area contributed by atoms with Crippen molar-refractivity contribution in [3.8, 4) is 11.4 Å². The molecule has 2 aromatic heterocycles. The molecular weight excluding hydrogens is 292 g/mol. The predicted octanol–water partition coefficient (Wildman–Crippen LogP) is 1.33. The van der Waals surface area contributed by atoms with E-state index in [-0.39, 0.29) is 5.43 Å². The lowest BCUT2D eigenvalue weighted by Crippen LogP contribution is -2.18. The lowest BCUT2D eigenvalue weighted by Gasteiger charge is -2.19. The van der Waals surface area contributed by atoms with Crippen LogP contribution < -0.4 is 10.3 Å². The van der Waals surface area contributed by atoms with Crippen LogP contribution in [0.4, 0.5) is 5.69 Å². The summed E-state index contributed by atoms with van der Waals surface area (Å²) in [4.78, 5) is 15.2. The van der Waals surface area contributed by atoms with Crippen LogP contribution in [0.1, 0.15) is 12.8 Å². The van der Waals surface area contributed by atoms with Gasteiger partial charge in [-0.15, -0.1) is 5.10 Å². The lowest BCUT2D eigenvalue weighted by atomic mass is 10.1. The molecule has 1 aromatic carbocycles. The highest BCUT2D eigenvalue weighted by Gasteiger charge is 2.17. The molecule has 0 saturated carbocycles. The third-order valence-corrected chi connectivity index (χ3v) is 4.51. The van der Waals surface area contributed by atoms with E-state index in [1.807, 2.05) is 29.9 Å². The Hall–Kier alpha value is -2.70. The number of benzene rings is 1. The van der Waals surface area contributed by atoms with Crippen molar-refractivity contribution in [2.45, 2.75) is 12.8 Å². The number of hydrogen-bond donors (Lipinski definition) is 0. The molecule has 0 N–H and O–H groups in total. The Bertz CT molecular complexity index is 935. The molecule has 1 aliphatic heterocycles. The van der Waals surface area contributed by atoms with Gasteiger partial charge in [0.15, 0.2) is 11.3 Å². The number of aryl methyl sites for hydroxylation is 2. The normalized spacial score (nSPS) is 14.8. The zero-order chi connectivity index (χ0) is 16.0. The molecule has 1 aliphatic rings. The van der Waals surface area contributed by atoms with E-state index in [0.29, 0.717) is 16.8 Å². The number of tetrazole rings is 1. The van der Waals surface area contributed by atoms with Gasteiger partial charge >= 0.3 is 0 Å². The maximum absolute atomic E-state index is 12.8. The second-order valence-electron chi connectivity index (χ2n) is 6.00. The molecule has 23 heavy (non-hydrogen) atoms. The minimum Gasteiger partial charge on any atom is -0.371 e. The van der Waals surface area contributed by atoms with E-state index in [2.05, 4.69) is 26.5 Å². The Morgan fingerprint density at radius 1 is 1.13 bits per heavy atom. The van der Waals surface area contributed by atoms with E-state index >= 15 is 0 Å². The molecule has 0 unspecified atom stereocenters. The fourth-order valence-corrected chi connectivity index (χ4v) is 3.26. The van der Waals surface area contributed by atoms with E-state index in [9.17, 15) is 4.79 Å². The Balaban J connectivity index is 1.91. The van der Waals surface area contributed by atoms with E-state index in [1.54, 1.807) is 7.05 Å². The highest BCUT2D eigenvalue weighted by atomic mass is 16.1. The summed E-state index contributed by atoms with van der Waals surface area (Å²) in [6.07, 6.45) is 4.27. The Kier molecular flexibility index (Phi) is 3.14. The monoisotopic (exact) mass is 310 g/mol. The predicted molar refractivity (Wildman–Crippen MR) is 88.4 cm³/mol. The molecule has 0 radical (unpaired) electrons. The number of fused-ring (bicyclic) bond motifs is 1. The standard InChI is InChI=1S/C16H18N6O/c1-20-10-13(16-17-18-19-21(16)2)15(23)12-6-5-11(9-14(12)20)22-7-3-4-8-22/h5-6,9-10H,3-4,7-8H2,1-2H3. The van der Waals surface area contributed by atoms with Crippen LogP contribution in [0.2, 0.25) is 0 Å². The zero-order valence-electron chi connectivity index (χ0n) is 13.2. The molecule has 0 aliphatic carbocycles. The van der Waals surface area contributed by atoms with Gasteiger partial charge in [0.05, 0.1) is 11.1 Å². The van der Waals surface area contributed by atoms with Crippen LogP contribution in [0.5, 0.6) is 0 Å². The number of anilines is 1. The van der Waals surface area contributed by atoms with Crippen molar-refractivity contribution in [1.82, 2.24) is 24.8 Å². The van der Waals surface area contributed by atoms with Crippen molar-refractivity contribution in [1.29, 1.82) is 0 Å². The summed E-state index contributed by atoms with van der Waals surface area (Å²) in [6.45, 7) is 2.17. The summed E-state index contributed by atoms with van der Waals surface area (Å²) in [7, 11) is 3.68. The third-order valence-electron chi connectivity index (χ3n) is 4.51. The summed E-state index contributed by atoms with van der Waals surface area (Å²) in [5.41, 5.74) is 2.58. The maximum atomic E-state index is 12.8. The molecule has 0 atom stereocenters. The summed E-state index contributed by atoms with van der Waals surface area (Å²) >= 11 is 0. The average Bonchev–Trinajstić information content (AvgIpc) is 3.22. The summed E-state index contributed by atoms with van der Waals surface area (Å²) in [5.74, 6) is 0.483. The van der Waals surface area contributed by atoms with E-state index in [1.165, 1.54) is 23.2 Å². The summed E-state index contributed by atoms with van der Waals surface area (Å²) in [6, 6.07) is 6.05. The van der Waals surface area contributed by atoms with Gasteiger partial charge in [0.1, 0.15) is 0 Å². The number of hydrogen-bond acceptors (Lipinski definition) is 5. The van der Waals surface area contributed by atoms with Gasteiger partial charge in [-0.05, 0) is 41.5 Å². The highest BCUT2D eigenvalue weighted by Crippen LogP contribution is 2.25. The van der Waals surface area contributed by atoms with Gasteiger partial charge in [0.25, 0.3) is 0 Å². The van der Waals surface area contributed by atoms with Crippen LogP contribution in [0, 0.1) is 0 Å². The first-order valence-corrected chi connectivity index (χ1v) is 7.76. The fraction of sp³-hybridized carbons (Fsp3) is 0.375. The Morgan fingerprint density at radius 2 is 1.91 bits per heavy atom. The minimum atomic E-state index is -0.0380. The molecule has 0 amide bonds. The minimum absolute atomic E-state index is 0.0380. The van der Waals surface area contributed by atoms with Gasteiger partial charge in [0, 0.05) is 44.5 Å². The van der Waals surface area contributed by atoms with Gasteiger partial charge in [-0.25, -0.2) is 4.68 Å². The van der Waals surface area contributed by atoms with Crippen molar-refractivity contribution in [3.05, 3.63) is 34.6 Å². The molecule has 0 bridgehead atoms. The highest BCUT2D eigenvalue weighted by molar-refractivity contribution is 5.86. The van der Waals surface area contributed by atoms with Crippen molar-refractivity contribution >= 4 is 16.6 Å². The van der Waals surface area contributed by atoms with Crippen molar-refractivity contribution in [2.24, 2.45) is 14.1 Å². The van der Waals surface area contributed by atoms with Crippen LogP contribution in [-0.2, 0) is 14.1 Å². The van der Waals surface area contributed by atoms with Gasteiger partial charge < -0.3 is 9.47 Å². The second-order valence-corrected chi connectivity index (χ2v) is 6.00. The van der Waals surface area contributed by atoms with Gasteiger partial charge in [-0.1, -0.05) is 0 Å². The lowest BCUT2D eigenvalue weighted by molar-refractivity contribution is 0.714. The zero-order valence-corrected chi connectivity index (χ0v) is 13.2. The average molecular weight is 310 g/mol. The quantitative estimate of drug-likeness (QED) is 0.714. The molecule has 7 heteroatoms. The van der Waals surface area contributed by atoms with Crippen molar-refractivity contribution in [2.75, 3.05) is 18.0 Å². The second kappa shape index (κ2) is 5.19. The Morgan fingerprint density at radius 3 is 2.61 bits per heavy atom. The molecule has 3 heterocycles. The SMILES string of the molecule is Cn1nnnc1-c1cn(C)c2cc(N3CCCC3)ccc2c1=O. The maximum Gasteiger partial charge on any atom is 0.200 e.